The predicted molar refractivity (Wildman–Crippen MR) is 130 cm³/mol. The molecule has 174 valence electrons. The number of rotatable bonds is 15. The second-order valence-electron chi connectivity index (χ2n) is 7.65. The first-order chi connectivity index (χ1) is 14.7. The monoisotopic (exact) mass is 546 g/mol. The third kappa shape index (κ3) is 9.32. The van der Waals surface area contributed by atoms with Gasteiger partial charge in [-0.3, -0.25) is 17.9 Å². The van der Waals surface area contributed by atoms with Gasteiger partial charge < -0.3 is 21.5 Å². The number of nitrogens with two attached hydrogens (primary N) is 1. The fourth-order valence-corrected chi connectivity index (χ4v) is 3.64. The molecular formula is C22H35IN4O4. The number of aliphatic hydroxyl groups is 1. The number of ketones is 2. The van der Waals surface area contributed by atoms with Gasteiger partial charge in [-0.2, -0.15) is 0 Å². The normalized spacial score (nSPS) is 15.0. The standard InChI is InChI=1S/C22H35IN4O4/c1-4-16-7-5-6-8-17(16)13-25-19(9-10-26-23)21(30)11-18(14(2)28)22(31)27-20(12-24)15(3)29/h5-8,14,18-20,25-26,28H,4,9-13,24H2,1-3H3,(H,27,31)/t14-,18-,19-,20-/m0/s1. The Morgan fingerprint density at radius 3 is 2.32 bits per heavy atom. The Morgan fingerprint density at radius 2 is 1.81 bits per heavy atom. The Hall–Kier alpha value is -1.40. The van der Waals surface area contributed by atoms with Crippen molar-refractivity contribution in [3.63, 3.8) is 0 Å². The van der Waals surface area contributed by atoms with Crippen LogP contribution in [-0.4, -0.2) is 53.9 Å². The highest BCUT2D eigenvalue weighted by molar-refractivity contribution is 14.1. The van der Waals surface area contributed by atoms with Gasteiger partial charge >= 0.3 is 0 Å². The minimum atomic E-state index is -1.04. The van der Waals surface area contributed by atoms with Crippen LogP contribution in [0.15, 0.2) is 24.3 Å². The van der Waals surface area contributed by atoms with Crippen molar-refractivity contribution in [3.8, 4) is 0 Å². The summed E-state index contributed by atoms with van der Waals surface area (Å²) in [5.41, 5.74) is 7.88. The predicted octanol–water partition coefficient (Wildman–Crippen LogP) is 1.03. The van der Waals surface area contributed by atoms with Crippen LogP contribution in [0, 0.1) is 5.92 Å². The molecule has 0 unspecified atom stereocenters. The summed E-state index contributed by atoms with van der Waals surface area (Å²) in [6, 6.07) is 6.76. The number of Topliss-reactive ketones (excluding diaryl/α,β-unsaturated/α-hetero) is 2. The lowest BCUT2D eigenvalue weighted by molar-refractivity contribution is -0.135. The average Bonchev–Trinajstić information content (AvgIpc) is 2.75. The van der Waals surface area contributed by atoms with Crippen molar-refractivity contribution in [2.24, 2.45) is 11.7 Å². The van der Waals surface area contributed by atoms with Gasteiger partial charge in [-0.1, -0.05) is 31.2 Å². The van der Waals surface area contributed by atoms with Crippen molar-refractivity contribution < 1.29 is 19.5 Å². The van der Waals surface area contributed by atoms with Crippen LogP contribution in [0.4, 0.5) is 0 Å². The highest BCUT2D eigenvalue weighted by atomic mass is 127. The Bertz CT molecular complexity index is 729. The molecule has 0 aliphatic rings. The number of benzene rings is 1. The first-order valence-corrected chi connectivity index (χ1v) is 11.7. The van der Waals surface area contributed by atoms with Crippen LogP contribution in [0.1, 0.15) is 44.7 Å². The molecule has 0 saturated carbocycles. The average molecular weight is 546 g/mol. The van der Waals surface area contributed by atoms with E-state index in [1.165, 1.54) is 19.4 Å². The van der Waals surface area contributed by atoms with Gasteiger partial charge in [0.1, 0.15) is 0 Å². The zero-order valence-corrected chi connectivity index (χ0v) is 20.6. The van der Waals surface area contributed by atoms with E-state index in [4.69, 9.17) is 5.73 Å². The quantitative estimate of drug-likeness (QED) is 0.164. The fraction of sp³-hybridized carbons (Fsp3) is 0.591. The van der Waals surface area contributed by atoms with Crippen LogP contribution in [-0.2, 0) is 27.3 Å². The molecule has 6 N–H and O–H groups in total. The molecule has 0 aliphatic carbocycles. The number of aryl methyl sites for hydroxylation is 1. The van der Waals surface area contributed by atoms with E-state index < -0.39 is 30.0 Å². The molecular weight excluding hydrogens is 511 g/mol. The molecule has 0 saturated heterocycles. The first-order valence-electron chi connectivity index (χ1n) is 10.6. The number of amides is 1. The van der Waals surface area contributed by atoms with Gasteiger partial charge in [0.05, 0.1) is 24.1 Å². The van der Waals surface area contributed by atoms with E-state index in [1.54, 1.807) is 0 Å². The minimum Gasteiger partial charge on any atom is -0.393 e. The van der Waals surface area contributed by atoms with Gasteiger partial charge in [0.2, 0.25) is 5.91 Å². The molecule has 0 fully saturated rings. The molecule has 1 amide bonds. The summed E-state index contributed by atoms with van der Waals surface area (Å²) in [7, 11) is 0. The van der Waals surface area contributed by atoms with Crippen molar-refractivity contribution >= 4 is 40.3 Å². The SMILES string of the molecule is CCc1ccccc1CN[C@@H](CCNI)C(=O)C[C@H](C(=O)N[C@@H](CN)C(C)=O)[C@H](C)O. The van der Waals surface area contributed by atoms with Crippen LogP contribution < -0.4 is 19.9 Å². The summed E-state index contributed by atoms with van der Waals surface area (Å²) in [6.45, 7) is 6.00. The molecule has 1 aromatic carbocycles. The van der Waals surface area contributed by atoms with Crippen molar-refractivity contribution in [2.75, 3.05) is 13.1 Å². The number of halogens is 1. The highest BCUT2D eigenvalue weighted by Crippen LogP contribution is 2.15. The molecule has 8 nitrogen and oxygen atoms in total. The number of hydrogen-bond donors (Lipinski definition) is 5. The molecule has 4 atom stereocenters. The molecule has 0 aromatic heterocycles. The van der Waals surface area contributed by atoms with Gasteiger partial charge in [0.25, 0.3) is 0 Å². The molecule has 0 radical (unpaired) electrons. The van der Waals surface area contributed by atoms with E-state index in [1.807, 2.05) is 41.1 Å². The summed E-state index contributed by atoms with van der Waals surface area (Å²) in [4.78, 5) is 37.3. The molecule has 0 bridgehead atoms. The van der Waals surface area contributed by atoms with Crippen molar-refractivity contribution in [2.45, 2.75) is 64.8 Å². The number of hydrogen-bond acceptors (Lipinski definition) is 7. The summed E-state index contributed by atoms with van der Waals surface area (Å²) < 4.78 is 3.02. The molecule has 1 aromatic rings. The smallest absolute Gasteiger partial charge is 0.226 e. The molecule has 0 aliphatic heterocycles. The Kier molecular flexibility index (Phi) is 13.0. The lowest BCUT2D eigenvalue weighted by atomic mass is 9.91. The van der Waals surface area contributed by atoms with E-state index in [0.29, 0.717) is 19.5 Å². The second kappa shape index (κ2) is 14.6. The largest absolute Gasteiger partial charge is 0.393 e. The zero-order chi connectivity index (χ0) is 23.4. The summed E-state index contributed by atoms with van der Waals surface area (Å²) >= 11 is 2.03. The Balaban J connectivity index is 2.88. The number of carbonyl (C=O) groups is 3. The number of aliphatic hydroxyl groups excluding tert-OH is 1. The van der Waals surface area contributed by atoms with Crippen LogP contribution in [0.3, 0.4) is 0 Å². The summed E-state index contributed by atoms with van der Waals surface area (Å²) in [5.74, 6) is -1.93. The van der Waals surface area contributed by atoms with Crippen molar-refractivity contribution in [3.05, 3.63) is 35.4 Å². The van der Waals surface area contributed by atoms with Crippen molar-refractivity contribution in [1.29, 1.82) is 0 Å². The molecule has 0 heterocycles. The third-order valence-electron chi connectivity index (χ3n) is 5.34. The fourth-order valence-electron chi connectivity index (χ4n) is 3.33. The Morgan fingerprint density at radius 1 is 1.16 bits per heavy atom. The maximum atomic E-state index is 13.1. The minimum absolute atomic E-state index is 0.0378. The van der Waals surface area contributed by atoms with Crippen LogP contribution >= 0.6 is 22.9 Å². The van der Waals surface area contributed by atoms with Gasteiger partial charge in [-0.15, -0.1) is 0 Å². The second-order valence-corrected chi connectivity index (χ2v) is 8.42. The van der Waals surface area contributed by atoms with E-state index in [9.17, 15) is 19.5 Å². The first kappa shape index (κ1) is 27.6. The van der Waals surface area contributed by atoms with Crippen LogP contribution in [0.2, 0.25) is 0 Å². The van der Waals surface area contributed by atoms with Gasteiger partial charge in [0, 0.05) is 48.9 Å². The number of carbonyl (C=O) groups excluding carboxylic acids is 3. The highest BCUT2D eigenvalue weighted by Gasteiger charge is 2.31. The maximum absolute atomic E-state index is 13.1. The molecule has 31 heavy (non-hydrogen) atoms. The van der Waals surface area contributed by atoms with Crippen LogP contribution in [0.25, 0.3) is 0 Å². The van der Waals surface area contributed by atoms with E-state index >= 15 is 0 Å². The molecule has 9 heteroatoms. The van der Waals surface area contributed by atoms with Gasteiger partial charge in [0.15, 0.2) is 11.6 Å². The lowest BCUT2D eigenvalue weighted by Crippen LogP contribution is -2.50. The summed E-state index contributed by atoms with van der Waals surface area (Å²) in [6.07, 6.45) is 0.267. The Labute approximate surface area is 198 Å². The summed E-state index contributed by atoms with van der Waals surface area (Å²) in [5, 5.41) is 16.0. The van der Waals surface area contributed by atoms with Crippen molar-refractivity contribution in [1.82, 2.24) is 14.2 Å². The van der Waals surface area contributed by atoms with Gasteiger partial charge in [-0.05, 0) is 37.8 Å². The molecule has 0 spiro atoms. The lowest BCUT2D eigenvalue weighted by Gasteiger charge is -2.24. The van der Waals surface area contributed by atoms with Crippen LogP contribution in [0.5, 0.6) is 0 Å². The molecule has 1 rings (SSSR count). The van der Waals surface area contributed by atoms with E-state index in [2.05, 4.69) is 27.2 Å². The zero-order valence-electron chi connectivity index (χ0n) is 18.5. The van der Waals surface area contributed by atoms with E-state index in [0.717, 1.165) is 12.0 Å². The maximum Gasteiger partial charge on any atom is 0.226 e. The van der Waals surface area contributed by atoms with Gasteiger partial charge in [-0.25, -0.2) is 0 Å². The van der Waals surface area contributed by atoms with E-state index in [-0.39, 0.29) is 24.5 Å². The number of nitrogens with one attached hydrogen (secondary N) is 3. The third-order valence-corrected chi connectivity index (χ3v) is 5.88. The topological polar surface area (TPSA) is 134 Å².